The Balaban J connectivity index is 2.31. The molecule has 2 heteroatoms. The molecular weight excluding hydrogens is 246 g/mol. The molecule has 0 bridgehead atoms. The summed E-state index contributed by atoms with van der Waals surface area (Å²) in [6, 6.07) is 16.5. The Labute approximate surface area is 121 Å². The predicted octanol–water partition coefficient (Wildman–Crippen LogP) is 4.02. The van der Waals surface area contributed by atoms with E-state index in [2.05, 4.69) is 44.2 Å². The van der Waals surface area contributed by atoms with Gasteiger partial charge >= 0.3 is 0 Å². The van der Waals surface area contributed by atoms with Crippen LogP contribution in [0.2, 0.25) is 0 Å². The van der Waals surface area contributed by atoms with E-state index in [0.717, 1.165) is 17.7 Å². The fourth-order valence-corrected chi connectivity index (χ4v) is 2.37. The van der Waals surface area contributed by atoms with Crippen molar-refractivity contribution in [2.75, 3.05) is 0 Å². The highest BCUT2D eigenvalue weighted by Gasteiger charge is 2.19. The number of para-hydroxylation sites is 1. The van der Waals surface area contributed by atoms with Crippen LogP contribution in [0.3, 0.4) is 0 Å². The molecule has 20 heavy (non-hydrogen) atoms. The standard InChI is InChI=1S/C18H23NO/c1-4-15-9-5-6-11-17(15)20-18(14(3)19)16-10-7-8-13(2)12-16/h5-12,14,18H,4,19H2,1-3H3. The van der Waals surface area contributed by atoms with E-state index in [1.54, 1.807) is 0 Å². The molecule has 2 aromatic rings. The Morgan fingerprint density at radius 3 is 2.50 bits per heavy atom. The molecule has 2 N–H and O–H groups in total. The SMILES string of the molecule is CCc1ccccc1OC(c1cccc(C)c1)C(C)N. The quantitative estimate of drug-likeness (QED) is 0.889. The highest BCUT2D eigenvalue weighted by Crippen LogP contribution is 2.27. The molecule has 0 aliphatic rings. The van der Waals surface area contributed by atoms with Crippen LogP contribution in [-0.4, -0.2) is 6.04 Å². The Bertz CT molecular complexity index is 563. The van der Waals surface area contributed by atoms with Crippen LogP contribution in [0.25, 0.3) is 0 Å². The Kier molecular flexibility index (Phi) is 4.80. The fourth-order valence-electron chi connectivity index (χ4n) is 2.37. The molecule has 2 aromatic carbocycles. The van der Waals surface area contributed by atoms with Crippen molar-refractivity contribution in [1.82, 2.24) is 0 Å². The highest BCUT2D eigenvalue weighted by atomic mass is 16.5. The van der Waals surface area contributed by atoms with E-state index in [1.807, 2.05) is 25.1 Å². The summed E-state index contributed by atoms with van der Waals surface area (Å²) in [6.45, 7) is 6.21. The van der Waals surface area contributed by atoms with Gasteiger partial charge in [-0.1, -0.05) is 55.0 Å². The summed E-state index contributed by atoms with van der Waals surface area (Å²) in [7, 11) is 0. The van der Waals surface area contributed by atoms with Crippen molar-refractivity contribution >= 4 is 0 Å². The van der Waals surface area contributed by atoms with Gasteiger partial charge in [-0.2, -0.15) is 0 Å². The second-order valence-electron chi connectivity index (χ2n) is 5.27. The average Bonchev–Trinajstić information content (AvgIpc) is 2.44. The van der Waals surface area contributed by atoms with Gasteiger partial charge in [-0.25, -0.2) is 0 Å². The van der Waals surface area contributed by atoms with Gasteiger partial charge in [0, 0.05) is 6.04 Å². The molecule has 0 spiro atoms. The number of hydrogen-bond acceptors (Lipinski definition) is 2. The van der Waals surface area contributed by atoms with Crippen LogP contribution in [0.15, 0.2) is 48.5 Å². The molecule has 0 heterocycles. The van der Waals surface area contributed by atoms with Gasteiger partial charge in [0.1, 0.15) is 11.9 Å². The minimum atomic E-state index is -0.123. The van der Waals surface area contributed by atoms with E-state index in [-0.39, 0.29) is 12.1 Å². The Hall–Kier alpha value is -1.80. The molecule has 0 radical (unpaired) electrons. The molecule has 0 amide bonds. The lowest BCUT2D eigenvalue weighted by molar-refractivity contribution is 0.178. The minimum Gasteiger partial charge on any atom is -0.484 e. The van der Waals surface area contributed by atoms with Crippen molar-refractivity contribution in [3.05, 3.63) is 65.2 Å². The molecule has 0 aromatic heterocycles. The molecule has 2 atom stereocenters. The maximum Gasteiger partial charge on any atom is 0.138 e. The molecule has 0 aliphatic carbocycles. The second-order valence-corrected chi connectivity index (χ2v) is 5.27. The van der Waals surface area contributed by atoms with Gasteiger partial charge in [0.05, 0.1) is 0 Å². The Morgan fingerprint density at radius 1 is 1.10 bits per heavy atom. The van der Waals surface area contributed by atoms with Crippen LogP contribution in [0, 0.1) is 6.92 Å². The molecule has 0 aliphatic heterocycles. The zero-order valence-electron chi connectivity index (χ0n) is 12.5. The summed E-state index contributed by atoms with van der Waals surface area (Å²) in [6.07, 6.45) is 0.831. The topological polar surface area (TPSA) is 35.2 Å². The lowest BCUT2D eigenvalue weighted by atomic mass is 10.0. The summed E-state index contributed by atoms with van der Waals surface area (Å²) in [5.74, 6) is 0.929. The number of benzene rings is 2. The van der Waals surface area contributed by atoms with Crippen molar-refractivity contribution in [1.29, 1.82) is 0 Å². The van der Waals surface area contributed by atoms with E-state index in [9.17, 15) is 0 Å². The van der Waals surface area contributed by atoms with Crippen molar-refractivity contribution in [2.24, 2.45) is 5.73 Å². The number of nitrogens with two attached hydrogens (primary N) is 1. The van der Waals surface area contributed by atoms with Gasteiger partial charge in [-0.05, 0) is 37.5 Å². The highest BCUT2D eigenvalue weighted by molar-refractivity contribution is 5.35. The second kappa shape index (κ2) is 6.58. The van der Waals surface area contributed by atoms with E-state index in [0.29, 0.717) is 0 Å². The van der Waals surface area contributed by atoms with Crippen molar-refractivity contribution in [3.8, 4) is 5.75 Å². The molecule has 2 unspecified atom stereocenters. The monoisotopic (exact) mass is 269 g/mol. The summed E-state index contributed by atoms with van der Waals surface area (Å²) in [5.41, 5.74) is 9.70. The fraction of sp³-hybridized carbons (Fsp3) is 0.333. The lowest BCUT2D eigenvalue weighted by Crippen LogP contribution is -2.29. The smallest absolute Gasteiger partial charge is 0.138 e. The molecular formula is C18H23NO. The predicted molar refractivity (Wildman–Crippen MR) is 84.0 cm³/mol. The van der Waals surface area contributed by atoms with Gasteiger partial charge in [0.25, 0.3) is 0 Å². The summed E-state index contributed by atoms with van der Waals surface area (Å²) < 4.78 is 6.21. The van der Waals surface area contributed by atoms with E-state index in [4.69, 9.17) is 10.5 Å². The average molecular weight is 269 g/mol. The molecule has 2 nitrogen and oxygen atoms in total. The van der Waals surface area contributed by atoms with Gasteiger partial charge in [-0.15, -0.1) is 0 Å². The zero-order chi connectivity index (χ0) is 14.5. The van der Waals surface area contributed by atoms with E-state index >= 15 is 0 Å². The molecule has 0 saturated carbocycles. The van der Waals surface area contributed by atoms with Crippen LogP contribution in [-0.2, 0) is 6.42 Å². The summed E-state index contributed by atoms with van der Waals surface area (Å²) in [4.78, 5) is 0. The first-order valence-corrected chi connectivity index (χ1v) is 7.18. The first-order valence-electron chi connectivity index (χ1n) is 7.18. The molecule has 106 valence electrons. The van der Waals surface area contributed by atoms with Crippen LogP contribution < -0.4 is 10.5 Å². The number of ether oxygens (including phenoxy) is 1. The Morgan fingerprint density at radius 2 is 1.85 bits per heavy atom. The maximum absolute atomic E-state index is 6.21. The summed E-state index contributed by atoms with van der Waals surface area (Å²) in [5, 5.41) is 0. The number of rotatable bonds is 5. The number of aryl methyl sites for hydroxylation is 2. The van der Waals surface area contributed by atoms with Gasteiger partial charge in [0.15, 0.2) is 0 Å². The van der Waals surface area contributed by atoms with Crippen LogP contribution in [0.1, 0.15) is 36.6 Å². The lowest BCUT2D eigenvalue weighted by Gasteiger charge is -2.24. The largest absolute Gasteiger partial charge is 0.484 e. The summed E-state index contributed by atoms with van der Waals surface area (Å²) >= 11 is 0. The maximum atomic E-state index is 6.21. The van der Waals surface area contributed by atoms with E-state index < -0.39 is 0 Å². The van der Waals surface area contributed by atoms with Crippen molar-refractivity contribution < 1.29 is 4.74 Å². The molecule has 2 rings (SSSR count). The third-order valence-electron chi connectivity index (χ3n) is 3.46. The molecule has 0 saturated heterocycles. The van der Waals surface area contributed by atoms with Crippen LogP contribution in [0.4, 0.5) is 0 Å². The third-order valence-corrected chi connectivity index (χ3v) is 3.46. The van der Waals surface area contributed by atoms with Crippen LogP contribution in [0.5, 0.6) is 5.75 Å². The molecule has 0 fully saturated rings. The zero-order valence-corrected chi connectivity index (χ0v) is 12.5. The van der Waals surface area contributed by atoms with Gasteiger partial charge < -0.3 is 10.5 Å². The first-order chi connectivity index (χ1) is 9.61. The number of hydrogen-bond donors (Lipinski definition) is 1. The minimum absolute atomic E-state index is 0.0679. The van der Waals surface area contributed by atoms with Crippen molar-refractivity contribution in [2.45, 2.75) is 39.3 Å². The van der Waals surface area contributed by atoms with Gasteiger partial charge in [-0.3, -0.25) is 0 Å². The van der Waals surface area contributed by atoms with E-state index in [1.165, 1.54) is 11.1 Å². The normalized spacial score (nSPS) is 13.8. The first kappa shape index (κ1) is 14.6. The van der Waals surface area contributed by atoms with Crippen molar-refractivity contribution in [3.63, 3.8) is 0 Å². The third kappa shape index (κ3) is 3.40. The van der Waals surface area contributed by atoms with Crippen LogP contribution >= 0.6 is 0 Å². The van der Waals surface area contributed by atoms with Gasteiger partial charge in [0.2, 0.25) is 0 Å².